The molecule has 0 aliphatic carbocycles. The Bertz CT molecular complexity index is 1040. The van der Waals surface area contributed by atoms with Crippen LogP contribution in [0.3, 0.4) is 0 Å². The van der Waals surface area contributed by atoms with Crippen LogP contribution < -0.4 is 10.6 Å². The van der Waals surface area contributed by atoms with E-state index in [1.807, 2.05) is 31.2 Å². The number of rotatable bonds is 4. The van der Waals surface area contributed by atoms with Crippen molar-refractivity contribution in [3.05, 3.63) is 89.2 Å². The number of hydrogen-bond acceptors (Lipinski definition) is 3. The summed E-state index contributed by atoms with van der Waals surface area (Å²) in [7, 11) is 0. The first-order chi connectivity index (χ1) is 13.7. The first kappa shape index (κ1) is 20.3. The number of amides is 2. The van der Waals surface area contributed by atoms with Gasteiger partial charge >= 0.3 is 0 Å². The Labute approximate surface area is 171 Å². The fourth-order valence-corrected chi connectivity index (χ4v) is 2.91. The summed E-state index contributed by atoms with van der Waals surface area (Å²) in [5, 5.41) is 5.71. The van der Waals surface area contributed by atoms with Gasteiger partial charge in [0.25, 0.3) is 11.8 Å². The molecule has 29 heavy (non-hydrogen) atoms. The second kappa shape index (κ2) is 8.27. The number of nitrogens with zero attached hydrogens (tertiary/aromatic N) is 1. The zero-order valence-electron chi connectivity index (χ0n) is 17.1. The number of anilines is 2. The molecule has 1 heterocycles. The van der Waals surface area contributed by atoms with Gasteiger partial charge in [0.05, 0.1) is 11.9 Å². The molecule has 0 fully saturated rings. The Morgan fingerprint density at radius 3 is 2.31 bits per heavy atom. The molecule has 2 aromatic carbocycles. The molecule has 2 amide bonds. The lowest BCUT2D eigenvalue weighted by Crippen LogP contribution is -2.17. The molecule has 0 spiro atoms. The summed E-state index contributed by atoms with van der Waals surface area (Å²) in [6.07, 6.45) is 3.23. The van der Waals surface area contributed by atoms with E-state index in [2.05, 4.69) is 36.4 Å². The van der Waals surface area contributed by atoms with E-state index >= 15 is 0 Å². The summed E-state index contributed by atoms with van der Waals surface area (Å²) in [6.45, 7) is 8.18. The molecule has 2 N–H and O–H groups in total. The Morgan fingerprint density at radius 1 is 0.862 bits per heavy atom. The molecule has 0 bridgehead atoms. The Morgan fingerprint density at radius 2 is 1.62 bits per heavy atom. The predicted molar refractivity (Wildman–Crippen MR) is 116 cm³/mol. The van der Waals surface area contributed by atoms with Crippen LogP contribution in [0, 0.1) is 6.92 Å². The minimum absolute atomic E-state index is 0.0439. The topological polar surface area (TPSA) is 71.1 Å². The van der Waals surface area contributed by atoms with Crippen molar-refractivity contribution in [2.75, 3.05) is 10.6 Å². The highest BCUT2D eigenvalue weighted by molar-refractivity contribution is 6.08. The highest BCUT2D eigenvalue weighted by Gasteiger charge is 2.16. The smallest absolute Gasteiger partial charge is 0.256 e. The second-order valence-electron chi connectivity index (χ2n) is 8.01. The number of nitrogens with one attached hydrogen (secondary N) is 2. The largest absolute Gasteiger partial charge is 0.322 e. The quantitative estimate of drug-likeness (QED) is 0.647. The molecular weight excluding hydrogens is 362 g/mol. The van der Waals surface area contributed by atoms with Crippen molar-refractivity contribution in [1.29, 1.82) is 0 Å². The molecule has 0 unspecified atom stereocenters. The highest BCUT2D eigenvalue weighted by atomic mass is 16.2. The molecule has 0 saturated carbocycles. The van der Waals surface area contributed by atoms with Crippen molar-refractivity contribution >= 4 is 23.2 Å². The minimum atomic E-state index is -0.249. The third kappa shape index (κ3) is 5.08. The Hall–Kier alpha value is -3.47. The van der Waals surface area contributed by atoms with Crippen LogP contribution in [-0.4, -0.2) is 16.8 Å². The summed E-state index contributed by atoms with van der Waals surface area (Å²) in [5.74, 6) is -0.458. The van der Waals surface area contributed by atoms with Gasteiger partial charge in [-0.1, -0.05) is 39.0 Å². The molecule has 0 saturated heterocycles. The van der Waals surface area contributed by atoms with Crippen molar-refractivity contribution in [1.82, 2.24) is 4.98 Å². The van der Waals surface area contributed by atoms with E-state index in [9.17, 15) is 9.59 Å². The van der Waals surface area contributed by atoms with Crippen LogP contribution in [0.25, 0.3) is 0 Å². The Kier molecular flexibility index (Phi) is 5.78. The number of pyridine rings is 1. The summed E-state index contributed by atoms with van der Waals surface area (Å²) in [4.78, 5) is 29.4. The molecule has 3 rings (SSSR count). The lowest BCUT2D eigenvalue weighted by Gasteiger charge is -2.19. The average molecular weight is 387 g/mol. The van der Waals surface area contributed by atoms with Gasteiger partial charge in [-0.3, -0.25) is 14.6 Å². The van der Waals surface area contributed by atoms with E-state index < -0.39 is 0 Å². The van der Waals surface area contributed by atoms with Crippen LogP contribution in [0.15, 0.2) is 67.0 Å². The number of aromatic nitrogens is 1. The Balaban J connectivity index is 1.79. The van der Waals surface area contributed by atoms with Crippen LogP contribution in [0.5, 0.6) is 0 Å². The van der Waals surface area contributed by atoms with Gasteiger partial charge in [0.2, 0.25) is 0 Å². The lowest BCUT2D eigenvalue weighted by molar-refractivity contribution is 0.101. The van der Waals surface area contributed by atoms with Crippen LogP contribution in [0.1, 0.15) is 52.6 Å². The van der Waals surface area contributed by atoms with Crippen LogP contribution in [-0.2, 0) is 5.41 Å². The summed E-state index contributed by atoms with van der Waals surface area (Å²) in [5.41, 5.74) is 4.13. The molecular formula is C24H25N3O2. The summed E-state index contributed by atoms with van der Waals surface area (Å²) >= 11 is 0. The number of carbonyl (C=O) groups excluding carboxylic acids is 2. The second-order valence-corrected chi connectivity index (χ2v) is 8.01. The van der Waals surface area contributed by atoms with Gasteiger partial charge in [-0.2, -0.15) is 0 Å². The fourth-order valence-electron chi connectivity index (χ4n) is 2.91. The van der Waals surface area contributed by atoms with E-state index in [1.165, 1.54) is 0 Å². The van der Waals surface area contributed by atoms with Crippen molar-refractivity contribution in [2.45, 2.75) is 33.1 Å². The minimum Gasteiger partial charge on any atom is -0.322 e. The maximum absolute atomic E-state index is 12.7. The van der Waals surface area contributed by atoms with E-state index in [4.69, 9.17) is 0 Å². The fraction of sp³-hybridized carbons (Fsp3) is 0.208. The first-order valence-electron chi connectivity index (χ1n) is 9.48. The number of hydrogen-bond donors (Lipinski definition) is 2. The molecule has 3 aromatic rings. The molecule has 0 aliphatic rings. The van der Waals surface area contributed by atoms with Gasteiger partial charge < -0.3 is 10.6 Å². The van der Waals surface area contributed by atoms with Crippen LogP contribution in [0.4, 0.5) is 11.4 Å². The van der Waals surface area contributed by atoms with Gasteiger partial charge in [-0.05, 0) is 59.9 Å². The molecule has 5 nitrogen and oxygen atoms in total. The van der Waals surface area contributed by atoms with E-state index in [0.29, 0.717) is 22.5 Å². The highest BCUT2D eigenvalue weighted by Crippen LogP contribution is 2.23. The van der Waals surface area contributed by atoms with Gasteiger partial charge in [0, 0.05) is 23.0 Å². The number of carbonyl (C=O) groups is 2. The molecule has 0 aliphatic heterocycles. The van der Waals surface area contributed by atoms with Gasteiger partial charge in [0.1, 0.15) is 0 Å². The lowest BCUT2D eigenvalue weighted by atomic mass is 9.86. The third-order valence-electron chi connectivity index (χ3n) is 4.65. The van der Waals surface area contributed by atoms with Gasteiger partial charge in [-0.15, -0.1) is 0 Å². The van der Waals surface area contributed by atoms with Crippen molar-refractivity contribution in [3.63, 3.8) is 0 Å². The monoisotopic (exact) mass is 387 g/mol. The van der Waals surface area contributed by atoms with Crippen molar-refractivity contribution < 1.29 is 9.59 Å². The maximum atomic E-state index is 12.7. The van der Waals surface area contributed by atoms with Crippen LogP contribution >= 0.6 is 0 Å². The standard InChI is InChI=1S/C24H25N3O2/c1-16-10-11-19(14-21(16)23(29)27-20-9-6-12-25-15-20)26-22(28)17-7-5-8-18(13-17)24(2,3)4/h5-15H,1-4H3,(H,26,28)(H,27,29). The molecule has 0 radical (unpaired) electrons. The molecule has 5 heteroatoms. The van der Waals surface area contributed by atoms with Crippen molar-refractivity contribution in [2.24, 2.45) is 0 Å². The van der Waals surface area contributed by atoms with E-state index in [1.54, 1.807) is 42.7 Å². The zero-order chi connectivity index (χ0) is 21.0. The molecule has 148 valence electrons. The van der Waals surface area contributed by atoms with Gasteiger partial charge in [-0.25, -0.2) is 0 Å². The van der Waals surface area contributed by atoms with E-state index in [0.717, 1.165) is 11.1 Å². The summed E-state index contributed by atoms with van der Waals surface area (Å²) in [6, 6.07) is 16.4. The van der Waals surface area contributed by atoms with Crippen molar-refractivity contribution in [3.8, 4) is 0 Å². The maximum Gasteiger partial charge on any atom is 0.256 e. The first-order valence-corrected chi connectivity index (χ1v) is 9.48. The third-order valence-corrected chi connectivity index (χ3v) is 4.65. The number of aryl methyl sites for hydroxylation is 1. The average Bonchev–Trinajstić information content (AvgIpc) is 2.69. The zero-order valence-corrected chi connectivity index (χ0v) is 17.1. The van der Waals surface area contributed by atoms with Gasteiger partial charge in [0.15, 0.2) is 0 Å². The number of benzene rings is 2. The molecule has 1 aromatic heterocycles. The molecule has 0 atom stereocenters. The normalized spacial score (nSPS) is 11.0. The summed E-state index contributed by atoms with van der Waals surface area (Å²) < 4.78 is 0. The van der Waals surface area contributed by atoms with E-state index in [-0.39, 0.29) is 17.2 Å². The SMILES string of the molecule is Cc1ccc(NC(=O)c2cccc(C(C)(C)C)c2)cc1C(=O)Nc1cccnc1. The predicted octanol–water partition coefficient (Wildman–Crippen LogP) is 5.19. The van der Waals surface area contributed by atoms with Crippen LogP contribution in [0.2, 0.25) is 0 Å².